The van der Waals surface area contributed by atoms with Crippen molar-refractivity contribution in [2.75, 3.05) is 6.26 Å². The van der Waals surface area contributed by atoms with E-state index in [2.05, 4.69) is 31.4 Å². The van der Waals surface area contributed by atoms with E-state index in [-0.39, 0.29) is 0 Å². The van der Waals surface area contributed by atoms with E-state index in [0.29, 0.717) is 5.88 Å². The second-order valence-electron chi connectivity index (χ2n) is 2.45. The van der Waals surface area contributed by atoms with Crippen LogP contribution in [0.15, 0.2) is 23.1 Å². The fourth-order valence-electron chi connectivity index (χ4n) is 0.962. The van der Waals surface area contributed by atoms with Gasteiger partial charge in [-0.25, -0.2) is 0 Å². The molecule has 0 nitrogen and oxygen atoms in total. The molecule has 0 unspecified atom stereocenters. The summed E-state index contributed by atoms with van der Waals surface area (Å²) in [5, 5.41) is 0. The molecule has 0 aliphatic heterocycles. The van der Waals surface area contributed by atoms with E-state index in [1.807, 2.05) is 0 Å². The molecule has 0 bridgehead atoms. The maximum absolute atomic E-state index is 5.75. The monoisotopic (exact) mass is 186 g/mol. The first kappa shape index (κ1) is 8.95. The third kappa shape index (κ3) is 2.14. The van der Waals surface area contributed by atoms with Gasteiger partial charge in [0.25, 0.3) is 0 Å². The normalized spacial score (nSPS) is 10.1. The van der Waals surface area contributed by atoms with E-state index in [4.69, 9.17) is 11.6 Å². The maximum Gasteiger partial charge on any atom is 0.0485 e. The van der Waals surface area contributed by atoms with Crippen LogP contribution in [0.2, 0.25) is 0 Å². The quantitative estimate of drug-likeness (QED) is 0.504. The smallest absolute Gasteiger partial charge is 0.0485 e. The molecule has 0 atom stereocenters. The molecule has 11 heavy (non-hydrogen) atoms. The molecule has 2 heteroatoms. The Labute approximate surface area is 77.0 Å². The van der Waals surface area contributed by atoms with Crippen molar-refractivity contribution in [3.63, 3.8) is 0 Å². The molecule has 0 saturated carbocycles. The summed E-state index contributed by atoms with van der Waals surface area (Å²) < 4.78 is 0. The van der Waals surface area contributed by atoms with Gasteiger partial charge in [-0.05, 0) is 30.4 Å². The lowest BCUT2D eigenvalue weighted by atomic mass is 10.2. The summed E-state index contributed by atoms with van der Waals surface area (Å²) in [4.78, 5) is 1.29. The average molecular weight is 187 g/mol. The zero-order valence-corrected chi connectivity index (χ0v) is 8.30. The van der Waals surface area contributed by atoms with Gasteiger partial charge in [0, 0.05) is 10.8 Å². The van der Waals surface area contributed by atoms with E-state index < -0.39 is 0 Å². The number of alkyl halides is 1. The zero-order chi connectivity index (χ0) is 8.27. The zero-order valence-electron chi connectivity index (χ0n) is 6.73. The van der Waals surface area contributed by atoms with Crippen LogP contribution in [0.25, 0.3) is 0 Å². The highest BCUT2D eigenvalue weighted by Gasteiger charge is 1.98. The molecule has 0 saturated heterocycles. The molecule has 0 fully saturated rings. The van der Waals surface area contributed by atoms with Gasteiger partial charge in [-0.3, -0.25) is 0 Å². The molecule has 0 aliphatic rings. The number of hydrogen-bond donors (Lipinski definition) is 0. The summed E-state index contributed by atoms with van der Waals surface area (Å²) in [6.45, 7) is 2.09. The van der Waals surface area contributed by atoms with Crippen molar-refractivity contribution in [1.82, 2.24) is 0 Å². The lowest BCUT2D eigenvalue weighted by molar-refractivity contribution is 1.23. The van der Waals surface area contributed by atoms with Crippen molar-refractivity contribution < 1.29 is 0 Å². The number of hydrogen-bond acceptors (Lipinski definition) is 1. The Morgan fingerprint density at radius 1 is 1.45 bits per heavy atom. The van der Waals surface area contributed by atoms with E-state index in [1.54, 1.807) is 11.8 Å². The van der Waals surface area contributed by atoms with Crippen molar-refractivity contribution in [3.8, 4) is 0 Å². The van der Waals surface area contributed by atoms with Crippen LogP contribution in [0.5, 0.6) is 0 Å². The third-order valence-electron chi connectivity index (χ3n) is 1.59. The Bertz CT molecular complexity index is 245. The van der Waals surface area contributed by atoms with Crippen molar-refractivity contribution in [3.05, 3.63) is 29.3 Å². The van der Waals surface area contributed by atoms with Crippen LogP contribution in [0.3, 0.4) is 0 Å². The highest BCUT2D eigenvalue weighted by Crippen LogP contribution is 2.22. The van der Waals surface area contributed by atoms with Crippen molar-refractivity contribution in [2.45, 2.75) is 17.7 Å². The standard InChI is InChI=1S/C9H11ClS/c1-7-3-4-8(6-10)9(5-7)11-2/h3-5H,6H2,1-2H3. The second-order valence-corrected chi connectivity index (χ2v) is 3.56. The van der Waals surface area contributed by atoms with Gasteiger partial charge >= 0.3 is 0 Å². The summed E-state index contributed by atoms with van der Waals surface area (Å²) in [5.74, 6) is 0.608. The van der Waals surface area contributed by atoms with Crippen LogP contribution in [-0.2, 0) is 5.88 Å². The second kappa shape index (κ2) is 4.03. The predicted molar refractivity (Wildman–Crippen MR) is 52.5 cm³/mol. The highest BCUT2D eigenvalue weighted by atomic mass is 35.5. The first-order chi connectivity index (χ1) is 5.27. The van der Waals surface area contributed by atoms with E-state index >= 15 is 0 Å². The number of thioether (sulfide) groups is 1. The molecule has 1 aromatic carbocycles. The Morgan fingerprint density at radius 2 is 2.18 bits per heavy atom. The van der Waals surface area contributed by atoms with E-state index in [1.165, 1.54) is 16.0 Å². The molecule has 0 heterocycles. The van der Waals surface area contributed by atoms with Crippen LogP contribution in [0.4, 0.5) is 0 Å². The van der Waals surface area contributed by atoms with Gasteiger partial charge in [0.05, 0.1) is 0 Å². The lowest BCUT2D eigenvalue weighted by Crippen LogP contribution is -1.83. The van der Waals surface area contributed by atoms with Gasteiger partial charge < -0.3 is 0 Å². The minimum absolute atomic E-state index is 0.608. The molecule has 60 valence electrons. The molecular weight excluding hydrogens is 176 g/mol. The molecule has 1 rings (SSSR count). The van der Waals surface area contributed by atoms with Crippen LogP contribution in [0.1, 0.15) is 11.1 Å². The lowest BCUT2D eigenvalue weighted by Gasteiger charge is -2.03. The molecular formula is C9H11ClS. The van der Waals surface area contributed by atoms with Crippen LogP contribution in [-0.4, -0.2) is 6.26 Å². The third-order valence-corrected chi connectivity index (χ3v) is 2.69. The highest BCUT2D eigenvalue weighted by molar-refractivity contribution is 7.98. The number of benzene rings is 1. The SMILES string of the molecule is CSc1cc(C)ccc1CCl. The van der Waals surface area contributed by atoms with Gasteiger partial charge in [-0.1, -0.05) is 12.1 Å². The van der Waals surface area contributed by atoms with Gasteiger partial charge in [0.15, 0.2) is 0 Å². The Hall–Kier alpha value is -0.140. The summed E-state index contributed by atoms with van der Waals surface area (Å²) >= 11 is 7.50. The number of rotatable bonds is 2. The summed E-state index contributed by atoms with van der Waals surface area (Å²) in [6, 6.07) is 6.36. The van der Waals surface area contributed by atoms with Gasteiger partial charge in [0.1, 0.15) is 0 Å². The molecule has 0 spiro atoms. The molecule has 0 radical (unpaired) electrons. The van der Waals surface area contributed by atoms with E-state index in [9.17, 15) is 0 Å². The van der Waals surface area contributed by atoms with Crippen molar-refractivity contribution in [2.24, 2.45) is 0 Å². The van der Waals surface area contributed by atoms with Gasteiger partial charge in [-0.15, -0.1) is 23.4 Å². The first-order valence-corrected chi connectivity index (χ1v) is 5.23. The van der Waals surface area contributed by atoms with Gasteiger partial charge in [-0.2, -0.15) is 0 Å². The fraction of sp³-hybridized carbons (Fsp3) is 0.333. The van der Waals surface area contributed by atoms with Gasteiger partial charge in [0.2, 0.25) is 0 Å². The van der Waals surface area contributed by atoms with Crippen LogP contribution in [0, 0.1) is 6.92 Å². The molecule has 1 aromatic rings. The Morgan fingerprint density at radius 3 is 2.73 bits per heavy atom. The fourth-order valence-corrected chi connectivity index (χ4v) is 1.98. The summed E-state index contributed by atoms with van der Waals surface area (Å²) in [6.07, 6.45) is 2.07. The van der Waals surface area contributed by atoms with Crippen molar-refractivity contribution in [1.29, 1.82) is 0 Å². The van der Waals surface area contributed by atoms with Crippen LogP contribution >= 0.6 is 23.4 Å². The van der Waals surface area contributed by atoms with Crippen molar-refractivity contribution >= 4 is 23.4 Å². The maximum atomic E-state index is 5.75. The molecule has 0 amide bonds. The number of halogens is 1. The molecule has 0 N–H and O–H groups in total. The Balaban J connectivity index is 3.06. The Kier molecular flexibility index (Phi) is 3.28. The average Bonchev–Trinajstić information content (AvgIpc) is 2.04. The van der Waals surface area contributed by atoms with E-state index in [0.717, 1.165) is 0 Å². The molecule has 0 aliphatic carbocycles. The molecule has 0 aromatic heterocycles. The first-order valence-electron chi connectivity index (χ1n) is 3.47. The minimum Gasteiger partial charge on any atom is -0.129 e. The number of aryl methyl sites for hydroxylation is 1. The van der Waals surface area contributed by atoms with Crippen LogP contribution < -0.4 is 0 Å². The minimum atomic E-state index is 0.608. The largest absolute Gasteiger partial charge is 0.129 e. The summed E-state index contributed by atoms with van der Waals surface area (Å²) in [7, 11) is 0. The summed E-state index contributed by atoms with van der Waals surface area (Å²) in [5.41, 5.74) is 2.52. The topological polar surface area (TPSA) is 0 Å². The predicted octanol–water partition coefficient (Wildman–Crippen LogP) is 3.46.